The predicted octanol–water partition coefficient (Wildman–Crippen LogP) is 8.16. The van der Waals surface area contributed by atoms with Crippen molar-refractivity contribution >= 4 is 23.2 Å². The third-order valence-corrected chi connectivity index (χ3v) is 7.02. The Morgan fingerprint density at radius 1 is 0.844 bits per heavy atom. The second-order valence-electron chi connectivity index (χ2n) is 8.78. The zero-order valence-corrected chi connectivity index (χ0v) is 19.5. The van der Waals surface area contributed by atoms with Crippen molar-refractivity contribution in [2.45, 2.75) is 38.8 Å². The molecule has 3 aromatic carbocycles. The molecule has 1 N–H and O–H groups in total. The smallest absolute Gasteiger partial charge is 0.146 e. The van der Waals surface area contributed by atoms with Gasteiger partial charge in [-0.3, -0.25) is 0 Å². The molecule has 0 amide bonds. The zero-order chi connectivity index (χ0) is 23.2. The van der Waals surface area contributed by atoms with Crippen molar-refractivity contribution in [1.82, 2.24) is 5.32 Å². The third-order valence-electron chi connectivity index (χ3n) is 6.49. The van der Waals surface area contributed by atoms with E-state index in [9.17, 15) is 8.78 Å². The predicted molar refractivity (Wildman–Crippen MR) is 124 cm³/mol. The van der Waals surface area contributed by atoms with Crippen molar-refractivity contribution in [2.75, 3.05) is 0 Å². The van der Waals surface area contributed by atoms with Crippen molar-refractivity contribution in [3.05, 3.63) is 104 Å². The first-order chi connectivity index (χ1) is 15.2. The first-order valence-corrected chi connectivity index (χ1v) is 11.4. The second-order valence-corrected chi connectivity index (χ2v) is 9.62. The Morgan fingerprint density at radius 2 is 1.56 bits per heavy atom. The number of hydrogen-bond donors (Lipinski definition) is 1. The SMILES string of the molecule is Cc1cc(Cl)ccc1C1C(c2cccc(Cl)c2F)NC(c2ccc(F)cc2F)C1C(C)C. The summed E-state index contributed by atoms with van der Waals surface area (Å²) in [4.78, 5) is 0. The molecule has 4 unspecified atom stereocenters. The van der Waals surface area contributed by atoms with Crippen LogP contribution in [0.4, 0.5) is 13.2 Å². The van der Waals surface area contributed by atoms with E-state index in [1.54, 1.807) is 12.1 Å². The molecular weight excluding hydrogens is 454 g/mol. The van der Waals surface area contributed by atoms with Gasteiger partial charge in [0.15, 0.2) is 0 Å². The molecule has 0 radical (unpaired) electrons. The average Bonchev–Trinajstić information content (AvgIpc) is 3.10. The van der Waals surface area contributed by atoms with Crippen LogP contribution in [0.2, 0.25) is 10.0 Å². The molecule has 4 atom stereocenters. The number of nitrogens with one attached hydrogen (secondary N) is 1. The Morgan fingerprint density at radius 3 is 2.22 bits per heavy atom. The van der Waals surface area contributed by atoms with Gasteiger partial charge in [-0.25, -0.2) is 13.2 Å². The first-order valence-electron chi connectivity index (χ1n) is 10.6. The van der Waals surface area contributed by atoms with Gasteiger partial charge in [-0.1, -0.05) is 61.3 Å². The Balaban J connectivity index is 1.93. The average molecular weight is 478 g/mol. The fourth-order valence-electron chi connectivity index (χ4n) is 5.13. The summed E-state index contributed by atoms with van der Waals surface area (Å²) < 4.78 is 43.7. The summed E-state index contributed by atoms with van der Waals surface area (Å²) in [5, 5.41) is 4.13. The molecule has 4 rings (SSSR count). The number of halogens is 5. The largest absolute Gasteiger partial charge is 0.302 e. The van der Waals surface area contributed by atoms with Crippen LogP contribution in [0.3, 0.4) is 0 Å². The van der Waals surface area contributed by atoms with Crippen LogP contribution in [0.5, 0.6) is 0 Å². The van der Waals surface area contributed by atoms with Crippen molar-refractivity contribution < 1.29 is 13.2 Å². The Hall–Kier alpha value is -2.01. The molecule has 1 aliphatic rings. The maximum Gasteiger partial charge on any atom is 0.146 e. The maximum atomic E-state index is 15.2. The molecule has 1 saturated heterocycles. The summed E-state index contributed by atoms with van der Waals surface area (Å²) in [7, 11) is 0. The molecule has 1 nitrogen and oxygen atoms in total. The molecule has 32 heavy (non-hydrogen) atoms. The summed E-state index contributed by atoms with van der Waals surface area (Å²) in [5.41, 5.74) is 2.77. The van der Waals surface area contributed by atoms with E-state index in [0.717, 1.165) is 17.2 Å². The fraction of sp³-hybridized carbons (Fsp3) is 0.308. The summed E-state index contributed by atoms with van der Waals surface area (Å²) in [6, 6.07) is 13.3. The first kappa shape index (κ1) is 23.2. The molecule has 6 heteroatoms. The van der Waals surface area contributed by atoms with E-state index in [-0.39, 0.29) is 22.8 Å². The molecule has 0 aromatic heterocycles. The fourth-order valence-corrected chi connectivity index (χ4v) is 5.54. The molecule has 1 heterocycles. The minimum atomic E-state index is -0.632. The lowest BCUT2D eigenvalue weighted by Crippen LogP contribution is -2.24. The van der Waals surface area contributed by atoms with E-state index in [4.69, 9.17) is 23.2 Å². The number of hydrogen-bond acceptors (Lipinski definition) is 1. The molecule has 0 aliphatic carbocycles. The van der Waals surface area contributed by atoms with Gasteiger partial charge in [-0.15, -0.1) is 0 Å². The van der Waals surface area contributed by atoms with Gasteiger partial charge in [-0.05, 0) is 54.2 Å². The van der Waals surface area contributed by atoms with Crippen LogP contribution in [-0.4, -0.2) is 0 Å². The molecule has 168 valence electrons. The van der Waals surface area contributed by atoms with E-state index in [2.05, 4.69) is 19.2 Å². The Kier molecular flexibility index (Phi) is 6.58. The molecule has 0 spiro atoms. The molecule has 1 fully saturated rings. The lowest BCUT2D eigenvalue weighted by molar-refractivity contribution is 0.310. The van der Waals surface area contributed by atoms with Gasteiger partial charge >= 0.3 is 0 Å². The van der Waals surface area contributed by atoms with Gasteiger partial charge < -0.3 is 5.32 Å². The van der Waals surface area contributed by atoms with Crippen LogP contribution in [0.15, 0.2) is 54.6 Å². The van der Waals surface area contributed by atoms with E-state index >= 15 is 4.39 Å². The summed E-state index contributed by atoms with van der Waals surface area (Å²) >= 11 is 12.3. The van der Waals surface area contributed by atoms with Crippen LogP contribution in [0, 0.1) is 36.2 Å². The lowest BCUT2D eigenvalue weighted by atomic mass is 9.72. The second kappa shape index (κ2) is 9.09. The van der Waals surface area contributed by atoms with Crippen LogP contribution in [0.25, 0.3) is 0 Å². The van der Waals surface area contributed by atoms with E-state index in [0.29, 0.717) is 16.1 Å². The normalized spacial score (nSPS) is 23.2. The van der Waals surface area contributed by atoms with Crippen molar-refractivity contribution in [3.63, 3.8) is 0 Å². The van der Waals surface area contributed by atoms with Gasteiger partial charge in [0.2, 0.25) is 0 Å². The number of benzene rings is 3. The van der Waals surface area contributed by atoms with Gasteiger partial charge in [0, 0.05) is 40.2 Å². The minimum absolute atomic E-state index is 0.0355. The van der Waals surface area contributed by atoms with E-state index in [1.807, 2.05) is 25.1 Å². The molecular formula is C26H24Cl2F3N. The summed E-state index contributed by atoms with van der Waals surface area (Å²) in [5.74, 6) is -1.91. The van der Waals surface area contributed by atoms with E-state index in [1.165, 1.54) is 18.2 Å². The number of aryl methyl sites for hydroxylation is 1. The van der Waals surface area contributed by atoms with Crippen LogP contribution in [0.1, 0.15) is 54.1 Å². The molecule has 0 saturated carbocycles. The zero-order valence-electron chi connectivity index (χ0n) is 18.0. The Bertz CT molecular complexity index is 1150. The van der Waals surface area contributed by atoms with Gasteiger partial charge in [0.05, 0.1) is 5.02 Å². The lowest BCUT2D eigenvalue weighted by Gasteiger charge is -2.31. The molecule has 1 aliphatic heterocycles. The van der Waals surface area contributed by atoms with Crippen molar-refractivity contribution in [2.24, 2.45) is 11.8 Å². The highest BCUT2D eigenvalue weighted by Crippen LogP contribution is 2.54. The van der Waals surface area contributed by atoms with Gasteiger partial charge in [-0.2, -0.15) is 0 Å². The topological polar surface area (TPSA) is 12.0 Å². The van der Waals surface area contributed by atoms with Crippen LogP contribution in [-0.2, 0) is 0 Å². The highest BCUT2D eigenvalue weighted by molar-refractivity contribution is 6.31. The maximum absolute atomic E-state index is 15.2. The molecule has 0 bridgehead atoms. The van der Waals surface area contributed by atoms with Crippen molar-refractivity contribution in [3.8, 4) is 0 Å². The van der Waals surface area contributed by atoms with E-state index < -0.39 is 29.5 Å². The standard InChI is InChI=1S/C26H24Cl2F3N/c1-13(2)22-23(17-9-7-15(27)11-14(17)3)26(19-5-4-6-20(28)24(19)31)32-25(22)18-10-8-16(29)12-21(18)30/h4-13,22-23,25-26,32H,1-3H3. The molecule has 3 aromatic rings. The summed E-state index contributed by atoms with van der Waals surface area (Å²) in [6.45, 7) is 6.10. The quantitative estimate of drug-likeness (QED) is 0.399. The van der Waals surface area contributed by atoms with Crippen molar-refractivity contribution in [1.29, 1.82) is 0 Å². The van der Waals surface area contributed by atoms with Gasteiger partial charge in [0.1, 0.15) is 17.5 Å². The highest BCUT2D eigenvalue weighted by atomic mass is 35.5. The third kappa shape index (κ3) is 4.16. The minimum Gasteiger partial charge on any atom is -0.302 e. The van der Waals surface area contributed by atoms with Crippen LogP contribution < -0.4 is 5.32 Å². The monoisotopic (exact) mass is 477 g/mol. The van der Waals surface area contributed by atoms with Crippen LogP contribution >= 0.6 is 23.2 Å². The highest BCUT2D eigenvalue weighted by Gasteiger charge is 2.48. The summed E-state index contributed by atoms with van der Waals surface area (Å²) in [6.07, 6.45) is 0. The Labute approximate surface area is 196 Å². The van der Waals surface area contributed by atoms with Gasteiger partial charge in [0.25, 0.3) is 0 Å². The number of rotatable bonds is 4.